The summed E-state index contributed by atoms with van der Waals surface area (Å²) in [6, 6.07) is 15.4. The largest absolute Gasteiger partial charge is 0.508 e. The van der Waals surface area contributed by atoms with Crippen LogP contribution in [0, 0.1) is 0 Å². The molecule has 5 heteroatoms. The second-order valence-corrected chi connectivity index (χ2v) is 25.2. The molecule has 0 saturated heterocycles. The average molecular weight is 735 g/mol. The van der Waals surface area contributed by atoms with Crippen LogP contribution in [0.3, 0.4) is 0 Å². The van der Waals surface area contributed by atoms with E-state index < -0.39 is 16.6 Å². The number of allylic oxidation sites excluding steroid dienone is 4. The van der Waals surface area contributed by atoms with Gasteiger partial charge in [-0.25, -0.2) is 0 Å². The number of phenolic OH excluding ortho intramolecular Hbond substituents is 2. The van der Waals surface area contributed by atoms with Crippen LogP contribution in [0.5, 0.6) is 11.5 Å². The maximum atomic E-state index is 9.63. The standard InChI is InChI=1S/C46H78O3Si2/c1-7-29-45(37-25-21-17-13-9-11-15-19-23-31-41-33-27-35-43(47)39-41)50(3,4)49-51(5,6)46(30-8-2)38-26-22-18-14-10-12-16-20-24-32-42-34-28-36-44(48)40-42/h17-18,21-22,27-28,33-36,39-40,45-48H,7-16,19-20,23-26,29-32,37-38H2,1-6H3/b21-17-,22-18?. The summed E-state index contributed by atoms with van der Waals surface area (Å²) in [6.07, 6.45) is 37.2. The highest BCUT2D eigenvalue weighted by Crippen LogP contribution is 2.40. The number of hydrogen-bond acceptors (Lipinski definition) is 3. The van der Waals surface area contributed by atoms with E-state index in [-0.39, 0.29) is 0 Å². The highest BCUT2D eigenvalue weighted by atomic mass is 28.4. The van der Waals surface area contributed by atoms with Gasteiger partial charge >= 0.3 is 0 Å². The summed E-state index contributed by atoms with van der Waals surface area (Å²) in [5, 5.41) is 19.3. The number of aromatic hydroxyl groups is 2. The highest BCUT2D eigenvalue weighted by Gasteiger charge is 2.42. The Labute approximate surface area is 317 Å². The molecule has 0 radical (unpaired) electrons. The van der Waals surface area contributed by atoms with E-state index in [1.807, 2.05) is 24.3 Å². The van der Waals surface area contributed by atoms with Crippen molar-refractivity contribution in [3.05, 3.63) is 84.0 Å². The molecule has 0 fully saturated rings. The molecule has 0 aliphatic rings. The quantitative estimate of drug-likeness (QED) is 0.0477. The van der Waals surface area contributed by atoms with Gasteiger partial charge in [0.1, 0.15) is 11.5 Å². The van der Waals surface area contributed by atoms with E-state index in [2.05, 4.69) is 76.5 Å². The number of unbranched alkanes of at least 4 members (excludes halogenated alkanes) is 10. The molecule has 0 bridgehead atoms. The maximum absolute atomic E-state index is 9.63. The third-order valence-electron chi connectivity index (χ3n) is 11.0. The van der Waals surface area contributed by atoms with Gasteiger partial charge in [-0.05, 0) is 150 Å². The number of rotatable bonds is 30. The van der Waals surface area contributed by atoms with Crippen molar-refractivity contribution < 1.29 is 14.3 Å². The Morgan fingerprint density at radius 3 is 1.27 bits per heavy atom. The van der Waals surface area contributed by atoms with Gasteiger partial charge in [-0.3, -0.25) is 0 Å². The van der Waals surface area contributed by atoms with Crippen molar-refractivity contribution in [3.63, 3.8) is 0 Å². The van der Waals surface area contributed by atoms with E-state index >= 15 is 0 Å². The van der Waals surface area contributed by atoms with Crippen molar-refractivity contribution in [1.82, 2.24) is 0 Å². The second kappa shape index (κ2) is 26.6. The zero-order valence-corrected chi connectivity index (χ0v) is 35.9. The Hall–Kier alpha value is -2.09. The lowest BCUT2D eigenvalue weighted by Crippen LogP contribution is -2.50. The van der Waals surface area contributed by atoms with Gasteiger partial charge < -0.3 is 14.3 Å². The molecular weight excluding hydrogens is 657 g/mol. The van der Waals surface area contributed by atoms with Crippen molar-refractivity contribution in [2.24, 2.45) is 0 Å². The van der Waals surface area contributed by atoms with E-state index in [1.54, 1.807) is 12.1 Å². The molecule has 0 spiro atoms. The average Bonchev–Trinajstić information content (AvgIpc) is 3.08. The molecule has 0 aliphatic carbocycles. The topological polar surface area (TPSA) is 49.7 Å². The number of hydrogen-bond donors (Lipinski definition) is 2. The molecule has 2 rings (SSSR count). The SMILES string of the molecule is CCCC(CCC=CCCCCCCCc1cccc(O)c1)[Si](C)(C)O[Si](C)(C)C(CCC)CC/C=C\CCCCCCCc1cccc(O)c1. The number of benzene rings is 2. The summed E-state index contributed by atoms with van der Waals surface area (Å²) in [4.78, 5) is 0. The molecule has 0 aliphatic heterocycles. The van der Waals surface area contributed by atoms with Crippen LogP contribution in [-0.4, -0.2) is 26.8 Å². The molecule has 2 aromatic carbocycles. The van der Waals surface area contributed by atoms with Gasteiger partial charge in [-0.15, -0.1) is 0 Å². The molecule has 2 aromatic rings. The summed E-state index contributed by atoms with van der Waals surface area (Å²) >= 11 is 0. The first-order chi connectivity index (χ1) is 24.6. The van der Waals surface area contributed by atoms with Crippen LogP contribution in [0.15, 0.2) is 72.8 Å². The fourth-order valence-electron chi connectivity index (χ4n) is 7.95. The first kappa shape index (κ1) is 45.1. The van der Waals surface area contributed by atoms with E-state index in [9.17, 15) is 10.2 Å². The van der Waals surface area contributed by atoms with Gasteiger partial charge in [0.05, 0.1) is 0 Å². The molecule has 0 heterocycles. The van der Waals surface area contributed by atoms with Gasteiger partial charge in [-0.1, -0.05) is 127 Å². The first-order valence-corrected chi connectivity index (χ1v) is 27.1. The number of phenols is 2. The smallest absolute Gasteiger partial charge is 0.176 e. The third-order valence-corrected chi connectivity index (χ3v) is 20.3. The first-order valence-electron chi connectivity index (χ1n) is 21.1. The lowest BCUT2D eigenvalue weighted by Gasteiger charge is -2.43. The van der Waals surface area contributed by atoms with Gasteiger partial charge in [0.25, 0.3) is 0 Å². The van der Waals surface area contributed by atoms with Crippen molar-refractivity contribution in [2.75, 3.05) is 0 Å². The summed E-state index contributed by atoms with van der Waals surface area (Å²) in [5.74, 6) is 0.764. The highest BCUT2D eigenvalue weighted by molar-refractivity contribution is 6.86. The van der Waals surface area contributed by atoms with Crippen molar-refractivity contribution in [3.8, 4) is 11.5 Å². The van der Waals surface area contributed by atoms with E-state index in [1.165, 1.54) is 140 Å². The Balaban J connectivity index is 1.64. The van der Waals surface area contributed by atoms with Crippen molar-refractivity contribution >= 4 is 16.6 Å². The second-order valence-electron chi connectivity index (χ2n) is 16.3. The number of aryl methyl sites for hydroxylation is 2. The van der Waals surface area contributed by atoms with Crippen LogP contribution < -0.4 is 0 Å². The van der Waals surface area contributed by atoms with Gasteiger partial charge in [0.15, 0.2) is 16.6 Å². The fourth-order valence-corrected chi connectivity index (χ4v) is 18.4. The minimum Gasteiger partial charge on any atom is -0.508 e. The Kier molecular flexibility index (Phi) is 23.5. The van der Waals surface area contributed by atoms with Crippen LogP contribution >= 0.6 is 0 Å². The van der Waals surface area contributed by atoms with Crippen LogP contribution in [0.1, 0.15) is 153 Å². The molecule has 2 unspecified atom stereocenters. The summed E-state index contributed by atoms with van der Waals surface area (Å²) in [7, 11) is -3.64. The zero-order chi connectivity index (χ0) is 37.2. The fraction of sp³-hybridized carbons (Fsp3) is 0.652. The Morgan fingerprint density at radius 2 is 0.882 bits per heavy atom. The van der Waals surface area contributed by atoms with Crippen LogP contribution in [0.25, 0.3) is 0 Å². The monoisotopic (exact) mass is 735 g/mol. The summed E-state index contributed by atoms with van der Waals surface area (Å²) < 4.78 is 7.41. The molecule has 2 atom stereocenters. The lowest BCUT2D eigenvalue weighted by atomic mass is 10.0. The van der Waals surface area contributed by atoms with Crippen LogP contribution in [0.4, 0.5) is 0 Å². The molecule has 0 saturated carbocycles. The van der Waals surface area contributed by atoms with E-state index in [4.69, 9.17) is 4.12 Å². The molecule has 2 N–H and O–H groups in total. The predicted molar refractivity (Wildman–Crippen MR) is 229 cm³/mol. The minimum atomic E-state index is -1.82. The lowest BCUT2D eigenvalue weighted by molar-refractivity contribution is 0.460. The van der Waals surface area contributed by atoms with Crippen molar-refractivity contribution in [2.45, 2.75) is 192 Å². The predicted octanol–water partition coefficient (Wildman–Crippen LogP) is 15.0. The van der Waals surface area contributed by atoms with Crippen LogP contribution in [-0.2, 0) is 17.0 Å². The summed E-state index contributed by atoms with van der Waals surface area (Å²) in [6.45, 7) is 14.8. The van der Waals surface area contributed by atoms with Crippen molar-refractivity contribution in [1.29, 1.82) is 0 Å². The molecule has 288 valence electrons. The van der Waals surface area contributed by atoms with Gasteiger partial charge in [-0.2, -0.15) is 0 Å². The third kappa shape index (κ3) is 20.7. The van der Waals surface area contributed by atoms with Gasteiger partial charge in [0, 0.05) is 0 Å². The Bertz CT molecular complexity index is 1130. The zero-order valence-electron chi connectivity index (χ0n) is 33.9. The van der Waals surface area contributed by atoms with Gasteiger partial charge in [0.2, 0.25) is 0 Å². The Morgan fingerprint density at radius 1 is 0.510 bits per heavy atom. The maximum Gasteiger partial charge on any atom is 0.176 e. The van der Waals surface area contributed by atoms with Crippen LogP contribution in [0.2, 0.25) is 37.3 Å². The summed E-state index contributed by atoms with van der Waals surface area (Å²) in [5.41, 5.74) is 3.97. The molecular formula is C46H78O3Si2. The molecule has 0 amide bonds. The molecule has 51 heavy (non-hydrogen) atoms. The van der Waals surface area contributed by atoms with E-state index in [0.717, 1.165) is 23.9 Å². The minimum absolute atomic E-state index is 0.382. The molecule has 0 aromatic heterocycles. The van der Waals surface area contributed by atoms with E-state index in [0.29, 0.717) is 11.5 Å². The molecule has 3 nitrogen and oxygen atoms in total. The normalized spacial score (nSPS) is 13.8.